The van der Waals surface area contributed by atoms with Crippen molar-refractivity contribution in [2.75, 3.05) is 13.2 Å². The van der Waals surface area contributed by atoms with Crippen molar-refractivity contribution in [2.45, 2.75) is 51.0 Å². The lowest BCUT2D eigenvalue weighted by Crippen LogP contribution is -2.33. The van der Waals surface area contributed by atoms with E-state index in [1.165, 1.54) is 0 Å². The lowest BCUT2D eigenvalue weighted by atomic mass is 9.76. The summed E-state index contributed by atoms with van der Waals surface area (Å²) in [7, 11) is 0. The predicted octanol–water partition coefficient (Wildman–Crippen LogP) is 5.53. The Balaban J connectivity index is 1.95. The van der Waals surface area contributed by atoms with Gasteiger partial charge in [0.1, 0.15) is 11.5 Å². The van der Waals surface area contributed by atoms with E-state index in [-0.39, 0.29) is 31.4 Å². The quantitative estimate of drug-likeness (QED) is 0.139. The minimum Gasteiger partial charge on any atom is -0.485 e. The molecule has 160 valence electrons. The van der Waals surface area contributed by atoms with Crippen molar-refractivity contribution in [1.29, 1.82) is 0 Å². The van der Waals surface area contributed by atoms with Crippen molar-refractivity contribution in [3.05, 3.63) is 23.3 Å². The first-order chi connectivity index (χ1) is 13.3. The predicted molar refractivity (Wildman–Crippen MR) is 93.5 cm³/mol. The summed E-state index contributed by atoms with van der Waals surface area (Å²) in [6.07, 6.45) is 3.07. The zero-order valence-electron chi connectivity index (χ0n) is 15.8. The van der Waals surface area contributed by atoms with Crippen LogP contribution in [0, 0.1) is 41.0 Å². The minimum atomic E-state index is -1.72. The van der Waals surface area contributed by atoms with E-state index in [1.807, 2.05) is 0 Å². The van der Waals surface area contributed by atoms with E-state index in [4.69, 9.17) is 14.7 Å². The fourth-order valence-electron chi connectivity index (χ4n) is 3.33. The van der Waals surface area contributed by atoms with Crippen molar-refractivity contribution in [2.24, 2.45) is 17.8 Å². The highest BCUT2D eigenvalue weighted by atomic mass is 32.2. The number of benzene rings is 1. The first kappa shape index (κ1) is 23.2. The van der Waals surface area contributed by atoms with Crippen LogP contribution in [0.1, 0.15) is 40.0 Å². The zero-order valence-corrected chi connectivity index (χ0v) is 16.7. The van der Waals surface area contributed by atoms with Crippen molar-refractivity contribution in [3.8, 4) is 5.75 Å². The summed E-state index contributed by atoms with van der Waals surface area (Å²) in [5, 5.41) is 11.2. The third kappa shape index (κ3) is 5.50. The average molecular weight is 428 g/mol. The molecular formula is C18H24F4O5S. The third-order valence-electron chi connectivity index (χ3n) is 5.10. The lowest BCUT2D eigenvalue weighted by Gasteiger charge is -2.36. The van der Waals surface area contributed by atoms with Gasteiger partial charge >= 0.3 is 0 Å². The molecule has 1 saturated carbocycles. The van der Waals surface area contributed by atoms with Gasteiger partial charge < -0.3 is 9.47 Å². The van der Waals surface area contributed by atoms with Crippen LogP contribution in [0.15, 0.2) is 4.90 Å². The maximum atomic E-state index is 14.0. The van der Waals surface area contributed by atoms with Crippen LogP contribution in [-0.4, -0.2) is 24.6 Å². The molecule has 1 aliphatic rings. The molecule has 1 N–H and O–H groups in total. The van der Waals surface area contributed by atoms with E-state index in [0.717, 1.165) is 19.3 Å². The van der Waals surface area contributed by atoms with Gasteiger partial charge in [0.15, 0.2) is 17.4 Å². The summed E-state index contributed by atoms with van der Waals surface area (Å²) in [5.74, 6) is -6.61. The van der Waals surface area contributed by atoms with Crippen LogP contribution in [0.2, 0.25) is 0 Å². The van der Waals surface area contributed by atoms with Gasteiger partial charge in [-0.3, -0.25) is 0 Å². The molecule has 3 atom stereocenters. The number of hydrogen-bond acceptors (Lipinski definition) is 6. The Morgan fingerprint density at radius 1 is 1.04 bits per heavy atom. The fraction of sp³-hybridized carbons (Fsp3) is 0.667. The fourth-order valence-corrected chi connectivity index (χ4v) is 3.76. The standard InChI is InChI=1S/C18H24F4O5S/c1-9(2)11-5-4-10(3)12(8-11)24-6-7-25-17-13(19)15(21)18(28-27-26-23)16(22)14(17)20/h9-12,23H,4-8H2,1-3H3/t10-,11-,12?/m0/s1. The summed E-state index contributed by atoms with van der Waals surface area (Å²) < 4.78 is 70.2. The molecule has 0 saturated heterocycles. The molecule has 0 aromatic heterocycles. The molecule has 1 unspecified atom stereocenters. The molecule has 0 heterocycles. The average Bonchev–Trinajstić information content (AvgIpc) is 2.67. The molecule has 10 heteroatoms. The van der Waals surface area contributed by atoms with Crippen LogP contribution in [0.25, 0.3) is 0 Å². The molecule has 5 nitrogen and oxygen atoms in total. The first-order valence-electron chi connectivity index (χ1n) is 9.02. The number of rotatable bonds is 9. The van der Waals surface area contributed by atoms with Crippen molar-refractivity contribution in [3.63, 3.8) is 0 Å². The van der Waals surface area contributed by atoms with Crippen LogP contribution in [-0.2, 0) is 14.1 Å². The molecule has 0 amide bonds. The van der Waals surface area contributed by atoms with Gasteiger partial charge in [0.25, 0.3) is 0 Å². The van der Waals surface area contributed by atoms with Crippen molar-refractivity contribution < 1.29 is 41.7 Å². The monoisotopic (exact) mass is 428 g/mol. The Morgan fingerprint density at radius 3 is 2.25 bits per heavy atom. The zero-order chi connectivity index (χ0) is 20.8. The minimum absolute atomic E-state index is 0.00215. The molecule has 0 bridgehead atoms. The van der Waals surface area contributed by atoms with Crippen LogP contribution < -0.4 is 4.74 Å². The van der Waals surface area contributed by atoms with Gasteiger partial charge in [-0.15, -0.1) is 4.33 Å². The van der Waals surface area contributed by atoms with E-state index < -0.39 is 33.9 Å². The Labute approximate surface area is 165 Å². The van der Waals surface area contributed by atoms with E-state index in [1.54, 1.807) is 0 Å². The van der Waals surface area contributed by atoms with Crippen LogP contribution in [0.5, 0.6) is 5.75 Å². The molecule has 2 rings (SSSR count). The highest BCUT2D eigenvalue weighted by molar-refractivity contribution is 7.94. The van der Waals surface area contributed by atoms with Gasteiger partial charge in [0, 0.05) is 0 Å². The largest absolute Gasteiger partial charge is 0.485 e. The number of ether oxygens (including phenoxy) is 2. The van der Waals surface area contributed by atoms with Crippen LogP contribution in [0.4, 0.5) is 17.6 Å². The van der Waals surface area contributed by atoms with Gasteiger partial charge in [0.05, 0.1) is 24.8 Å². The maximum Gasteiger partial charge on any atom is 0.205 e. The van der Waals surface area contributed by atoms with E-state index >= 15 is 0 Å². The molecule has 1 aromatic rings. The van der Waals surface area contributed by atoms with Gasteiger partial charge in [0.2, 0.25) is 11.6 Å². The molecule has 1 aliphatic carbocycles. The summed E-state index contributed by atoms with van der Waals surface area (Å²) in [6, 6.07) is 0. The summed E-state index contributed by atoms with van der Waals surface area (Å²) in [6.45, 7) is 6.16. The smallest absolute Gasteiger partial charge is 0.205 e. The Kier molecular flexibility index (Phi) is 8.81. The highest BCUT2D eigenvalue weighted by Crippen LogP contribution is 2.36. The molecule has 1 fully saturated rings. The summed E-state index contributed by atoms with van der Waals surface area (Å²) in [5.41, 5.74) is 0. The van der Waals surface area contributed by atoms with Crippen LogP contribution >= 0.6 is 12.0 Å². The topological polar surface area (TPSA) is 57.2 Å². The first-order valence-corrected chi connectivity index (χ1v) is 9.77. The van der Waals surface area contributed by atoms with Gasteiger partial charge in [-0.2, -0.15) is 8.78 Å². The molecule has 0 aliphatic heterocycles. The third-order valence-corrected chi connectivity index (χ3v) is 5.75. The lowest BCUT2D eigenvalue weighted by molar-refractivity contribution is -0.432. The van der Waals surface area contributed by atoms with Crippen molar-refractivity contribution >= 4 is 12.0 Å². The van der Waals surface area contributed by atoms with Gasteiger partial charge in [-0.25, -0.2) is 14.0 Å². The Bertz CT molecular complexity index is 632. The van der Waals surface area contributed by atoms with E-state index in [0.29, 0.717) is 17.8 Å². The van der Waals surface area contributed by atoms with E-state index in [2.05, 4.69) is 30.1 Å². The number of hydrogen-bond donors (Lipinski definition) is 1. The molecule has 1 aromatic carbocycles. The van der Waals surface area contributed by atoms with Crippen molar-refractivity contribution in [1.82, 2.24) is 0 Å². The number of halogens is 4. The SMILES string of the molecule is CC(C)[C@H]1CC[C@H](C)C(OCCOc2c(F)c(F)c(SOOO)c(F)c2F)C1. The molecule has 0 spiro atoms. The highest BCUT2D eigenvalue weighted by Gasteiger charge is 2.30. The Hall–Kier alpha value is -1.07. The summed E-state index contributed by atoms with van der Waals surface area (Å²) in [4.78, 5) is -1.15. The second kappa shape index (κ2) is 10.6. The summed E-state index contributed by atoms with van der Waals surface area (Å²) >= 11 is -0.222. The molecule has 0 radical (unpaired) electrons. The van der Waals surface area contributed by atoms with E-state index in [9.17, 15) is 17.6 Å². The normalized spacial score (nSPS) is 22.7. The molecular weight excluding hydrogens is 404 g/mol. The second-order valence-electron chi connectivity index (χ2n) is 7.19. The Morgan fingerprint density at radius 2 is 1.68 bits per heavy atom. The maximum absolute atomic E-state index is 14.0. The van der Waals surface area contributed by atoms with Gasteiger partial charge in [-0.05, 0) is 37.0 Å². The van der Waals surface area contributed by atoms with Crippen LogP contribution in [0.3, 0.4) is 0 Å². The second-order valence-corrected chi connectivity index (χ2v) is 7.90. The molecule has 28 heavy (non-hydrogen) atoms. The van der Waals surface area contributed by atoms with Gasteiger partial charge in [-0.1, -0.05) is 25.8 Å².